The van der Waals surface area contributed by atoms with E-state index in [1.807, 2.05) is 0 Å². The molecule has 1 aromatic rings. The maximum Gasteiger partial charge on any atom is 0.151 e. The Morgan fingerprint density at radius 2 is 2.00 bits per heavy atom. The van der Waals surface area contributed by atoms with Crippen molar-refractivity contribution in [3.8, 4) is 0 Å². The molecule has 2 N–H and O–H groups in total. The molecule has 4 nitrogen and oxygen atoms in total. The molecule has 14 heavy (non-hydrogen) atoms. The Hall–Kier alpha value is -1.16. The van der Waals surface area contributed by atoms with Gasteiger partial charge in [-0.05, 0) is 13.3 Å². The van der Waals surface area contributed by atoms with Crippen LogP contribution in [0, 0.1) is 0 Å². The molecule has 0 radical (unpaired) electrons. The van der Waals surface area contributed by atoms with Crippen molar-refractivity contribution < 1.29 is 0 Å². The second-order valence-electron chi connectivity index (χ2n) is 3.11. The predicted molar refractivity (Wildman–Crippen MR) is 58.1 cm³/mol. The van der Waals surface area contributed by atoms with Gasteiger partial charge in [-0.15, -0.1) is 0 Å². The highest BCUT2D eigenvalue weighted by Gasteiger charge is 2.09. The molecule has 0 aliphatic heterocycles. The fourth-order valence-corrected chi connectivity index (χ4v) is 1.45. The van der Waals surface area contributed by atoms with E-state index in [9.17, 15) is 0 Å². The fourth-order valence-electron chi connectivity index (χ4n) is 1.45. The van der Waals surface area contributed by atoms with Crippen LogP contribution in [0.15, 0.2) is 12.4 Å². The number of nitrogens with zero attached hydrogens (tertiary/aromatic N) is 3. The molecule has 0 fully saturated rings. The third kappa shape index (κ3) is 2.42. The number of aromatic nitrogens is 2. The van der Waals surface area contributed by atoms with Gasteiger partial charge in [0.2, 0.25) is 0 Å². The maximum absolute atomic E-state index is 5.61. The van der Waals surface area contributed by atoms with Gasteiger partial charge in [0.15, 0.2) is 5.82 Å². The Bertz CT molecular complexity index is 275. The van der Waals surface area contributed by atoms with Gasteiger partial charge < -0.3 is 10.6 Å². The Kier molecular flexibility index (Phi) is 4.32. The minimum Gasteiger partial charge on any atom is -0.355 e. The summed E-state index contributed by atoms with van der Waals surface area (Å²) in [6, 6.07) is 0. The molecule has 0 aromatic carbocycles. The summed E-state index contributed by atoms with van der Waals surface area (Å²) < 4.78 is 0. The molecule has 0 saturated carbocycles. The molecular weight excluding hydrogens is 176 g/mol. The van der Waals surface area contributed by atoms with Crippen LogP contribution in [0.25, 0.3) is 0 Å². The molecule has 4 heteroatoms. The molecule has 0 saturated heterocycles. The smallest absolute Gasteiger partial charge is 0.151 e. The molecule has 1 heterocycles. The van der Waals surface area contributed by atoms with Crippen molar-refractivity contribution in [3.05, 3.63) is 18.1 Å². The monoisotopic (exact) mass is 194 g/mol. The number of nitrogens with two attached hydrogens (primary N) is 1. The Balaban J connectivity index is 2.90. The van der Waals surface area contributed by atoms with Gasteiger partial charge in [-0.1, -0.05) is 6.92 Å². The van der Waals surface area contributed by atoms with Gasteiger partial charge in [-0.25, -0.2) is 4.98 Å². The fraction of sp³-hybridized carbons (Fsp3) is 0.600. The highest BCUT2D eigenvalue weighted by molar-refractivity contribution is 5.42. The lowest BCUT2D eigenvalue weighted by Crippen LogP contribution is -2.26. The zero-order chi connectivity index (χ0) is 10.4. The quantitative estimate of drug-likeness (QED) is 0.764. The topological polar surface area (TPSA) is 55.0 Å². The largest absolute Gasteiger partial charge is 0.355 e. The molecule has 78 valence electrons. The summed E-state index contributed by atoms with van der Waals surface area (Å²) in [5, 5.41) is 0. The first-order chi connectivity index (χ1) is 6.83. The van der Waals surface area contributed by atoms with Crippen molar-refractivity contribution in [2.24, 2.45) is 5.73 Å². The predicted octanol–water partition coefficient (Wildman–Crippen LogP) is 1.17. The van der Waals surface area contributed by atoms with E-state index in [1.165, 1.54) is 0 Å². The molecule has 1 aromatic heterocycles. The average molecular weight is 194 g/mol. The van der Waals surface area contributed by atoms with Crippen LogP contribution in [0.1, 0.15) is 26.0 Å². The van der Waals surface area contributed by atoms with Gasteiger partial charge >= 0.3 is 0 Å². The van der Waals surface area contributed by atoms with E-state index in [0.717, 1.165) is 31.0 Å². The molecule has 0 unspecified atom stereocenters. The van der Waals surface area contributed by atoms with E-state index in [4.69, 9.17) is 5.73 Å². The lowest BCUT2D eigenvalue weighted by Gasteiger charge is -2.22. The SMILES string of the molecule is CCCN(CC)c1nccnc1CN. The standard InChI is InChI=1S/C10H18N4/c1-3-7-14(4-2)10-9(8-11)12-5-6-13-10/h5-6H,3-4,7-8,11H2,1-2H3. The van der Waals surface area contributed by atoms with Gasteiger partial charge in [-0.2, -0.15) is 0 Å². The van der Waals surface area contributed by atoms with Gasteiger partial charge in [0.25, 0.3) is 0 Å². The van der Waals surface area contributed by atoms with Crippen LogP contribution >= 0.6 is 0 Å². The normalized spacial score (nSPS) is 10.2. The van der Waals surface area contributed by atoms with Crippen molar-refractivity contribution in [1.29, 1.82) is 0 Å². The molecule has 0 aliphatic rings. The summed E-state index contributed by atoms with van der Waals surface area (Å²) in [7, 11) is 0. The molecule has 0 bridgehead atoms. The Morgan fingerprint density at radius 3 is 2.57 bits per heavy atom. The number of rotatable bonds is 5. The first-order valence-corrected chi connectivity index (χ1v) is 5.08. The van der Waals surface area contributed by atoms with Crippen LogP contribution < -0.4 is 10.6 Å². The summed E-state index contributed by atoms with van der Waals surface area (Å²) in [6.45, 7) is 6.66. The Morgan fingerprint density at radius 1 is 1.29 bits per heavy atom. The van der Waals surface area contributed by atoms with E-state index in [2.05, 4.69) is 28.7 Å². The highest BCUT2D eigenvalue weighted by atomic mass is 15.2. The second kappa shape index (κ2) is 5.54. The third-order valence-electron chi connectivity index (χ3n) is 2.12. The molecular formula is C10H18N4. The van der Waals surface area contributed by atoms with Gasteiger partial charge in [-0.3, -0.25) is 4.98 Å². The van der Waals surface area contributed by atoms with Crippen molar-refractivity contribution >= 4 is 5.82 Å². The lowest BCUT2D eigenvalue weighted by atomic mass is 10.3. The Labute approximate surface area is 85.2 Å². The second-order valence-corrected chi connectivity index (χ2v) is 3.11. The number of hydrogen-bond acceptors (Lipinski definition) is 4. The molecule has 0 atom stereocenters. The van der Waals surface area contributed by atoms with Gasteiger partial charge in [0.05, 0.1) is 5.69 Å². The van der Waals surface area contributed by atoms with Gasteiger partial charge in [0.1, 0.15) is 0 Å². The van der Waals surface area contributed by atoms with E-state index in [1.54, 1.807) is 12.4 Å². The number of anilines is 1. The van der Waals surface area contributed by atoms with E-state index in [0.29, 0.717) is 6.54 Å². The zero-order valence-electron chi connectivity index (χ0n) is 8.90. The van der Waals surface area contributed by atoms with Crippen LogP contribution in [0.2, 0.25) is 0 Å². The third-order valence-corrected chi connectivity index (χ3v) is 2.12. The maximum atomic E-state index is 5.61. The average Bonchev–Trinajstić information content (AvgIpc) is 2.26. The molecule has 0 spiro atoms. The molecule has 0 aliphatic carbocycles. The minimum atomic E-state index is 0.448. The van der Waals surface area contributed by atoms with E-state index in [-0.39, 0.29) is 0 Å². The summed E-state index contributed by atoms with van der Waals surface area (Å²) >= 11 is 0. The number of hydrogen-bond donors (Lipinski definition) is 1. The summed E-state index contributed by atoms with van der Waals surface area (Å²) in [6.07, 6.45) is 4.51. The minimum absolute atomic E-state index is 0.448. The van der Waals surface area contributed by atoms with Crippen LogP contribution in [0.5, 0.6) is 0 Å². The van der Waals surface area contributed by atoms with Crippen molar-refractivity contribution in [2.75, 3.05) is 18.0 Å². The summed E-state index contributed by atoms with van der Waals surface area (Å²) in [5.41, 5.74) is 6.49. The first-order valence-electron chi connectivity index (χ1n) is 5.08. The van der Waals surface area contributed by atoms with Gasteiger partial charge in [0, 0.05) is 32.0 Å². The van der Waals surface area contributed by atoms with Crippen LogP contribution in [-0.4, -0.2) is 23.1 Å². The zero-order valence-corrected chi connectivity index (χ0v) is 8.90. The van der Waals surface area contributed by atoms with E-state index < -0.39 is 0 Å². The highest BCUT2D eigenvalue weighted by Crippen LogP contribution is 2.13. The molecule has 1 rings (SSSR count). The van der Waals surface area contributed by atoms with E-state index >= 15 is 0 Å². The summed E-state index contributed by atoms with van der Waals surface area (Å²) in [4.78, 5) is 10.7. The van der Waals surface area contributed by atoms with Crippen LogP contribution in [0.4, 0.5) is 5.82 Å². The van der Waals surface area contributed by atoms with Crippen LogP contribution in [0.3, 0.4) is 0 Å². The van der Waals surface area contributed by atoms with Crippen molar-refractivity contribution in [1.82, 2.24) is 9.97 Å². The molecule has 0 amide bonds. The van der Waals surface area contributed by atoms with Crippen LogP contribution in [-0.2, 0) is 6.54 Å². The lowest BCUT2D eigenvalue weighted by molar-refractivity contribution is 0.762. The summed E-state index contributed by atoms with van der Waals surface area (Å²) in [5.74, 6) is 0.930. The van der Waals surface area contributed by atoms with Crippen molar-refractivity contribution in [2.45, 2.75) is 26.8 Å². The first kappa shape index (κ1) is 10.9. The van der Waals surface area contributed by atoms with Crippen molar-refractivity contribution in [3.63, 3.8) is 0 Å².